The maximum absolute atomic E-state index is 4.89. The average molecular weight is 218 g/mol. The summed E-state index contributed by atoms with van der Waals surface area (Å²) in [6.45, 7) is 8.60. The minimum atomic E-state index is 0.563. The lowest BCUT2D eigenvalue weighted by Crippen LogP contribution is -2.41. The number of fused-ring (bicyclic) bond motifs is 1. The van der Waals surface area contributed by atoms with E-state index in [1.54, 1.807) is 0 Å². The number of amidine groups is 1. The molecule has 1 saturated carbocycles. The highest BCUT2D eigenvalue weighted by molar-refractivity contribution is 5.85. The van der Waals surface area contributed by atoms with Gasteiger partial charge in [-0.2, -0.15) is 0 Å². The highest BCUT2D eigenvalue weighted by Gasteiger charge is 2.36. The summed E-state index contributed by atoms with van der Waals surface area (Å²) < 4.78 is 0. The summed E-state index contributed by atoms with van der Waals surface area (Å²) in [6, 6.07) is 1.22. The molecular formula is C14H22N2. The Kier molecular flexibility index (Phi) is 3.81. The number of aliphatic imine (C=N–C) groups is 1. The predicted molar refractivity (Wildman–Crippen MR) is 69.8 cm³/mol. The van der Waals surface area contributed by atoms with E-state index in [4.69, 9.17) is 4.99 Å². The molecule has 2 atom stereocenters. The molecular weight excluding hydrogens is 196 g/mol. The molecule has 2 aliphatic rings. The molecule has 0 spiro atoms. The first kappa shape index (κ1) is 11.4. The first-order valence-corrected chi connectivity index (χ1v) is 6.42. The van der Waals surface area contributed by atoms with E-state index >= 15 is 0 Å². The van der Waals surface area contributed by atoms with Crippen molar-refractivity contribution < 1.29 is 0 Å². The highest BCUT2D eigenvalue weighted by Crippen LogP contribution is 2.31. The standard InChI is InChI=1S/C14H22N2/c1-3-5-10-14-15-12-8-6-7-9-13(12)16(14)11-4-2/h3-4,12-13H,1-2,5-11H2/t12-,13+/m0/s1. The van der Waals surface area contributed by atoms with Crippen LogP contribution in [0.5, 0.6) is 0 Å². The van der Waals surface area contributed by atoms with Crippen LogP contribution in [0.2, 0.25) is 0 Å². The fraction of sp³-hybridized carbons (Fsp3) is 0.643. The fourth-order valence-corrected chi connectivity index (χ4v) is 2.88. The Labute approximate surface area is 98.7 Å². The second kappa shape index (κ2) is 5.33. The zero-order valence-electron chi connectivity index (χ0n) is 10.1. The van der Waals surface area contributed by atoms with Gasteiger partial charge in [-0.1, -0.05) is 25.0 Å². The van der Waals surface area contributed by atoms with Crippen LogP contribution in [-0.2, 0) is 0 Å². The lowest BCUT2D eigenvalue weighted by Gasteiger charge is -2.32. The molecule has 0 radical (unpaired) electrons. The maximum Gasteiger partial charge on any atom is 0.100 e. The van der Waals surface area contributed by atoms with Gasteiger partial charge in [-0.25, -0.2) is 0 Å². The number of hydrogen-bond donors (Lipinski definition) is 0. The molecule has 0 N–H and O–H groups in total. The number of rotatable bonds is 5. The van der Waals surface area contributed by atoms with Crippen LogP contribution in [-0.4, -0.2) is 29.4 Å². The molecule has 0 saturated heterocycles. The van der Waals surface area contributed by atoms with Crippen LogP contribution >= 0.6 is 0 Å². The van der Waals surface area contributed by atoms with Crippen molar-refractivity contribution in [2.75, 3.05) is 6.54 Å². The molecule has 1 heterocycles. The molecule has 2 nitrogen and oxygen atoms in total. The largest absolute Gasteiger partial charge is 0.352 e. The van der Waals surface area contributed by atoms with E-state index in [0.717, 1.165) is 19.4 Å². The molecule has 0 amide bonds. The maximum atomic E-state index is 4.89. The minimum absolute atomic E-state index is 0.563. The van der Waals surface area contributed by atoms with Gasteiger partial charge in [0, 0.05) is 13.0 Å². The fourth-order valence-electron chi connectivity index (χ4n) is 2.88. The van der Waals surface area contributed by atoms with Crippen LogP contribution in [0.1, 0.15) is 38.5 Å². The molecule has 0 bridgehead atoms. The Hall–Kier alpha value is -1.05. The monoisotopic (exact) mass is 218 g/mol. The van der Waals surface area contributed by atoms with Crippen molar-refractivity contribution >= 4 is 5.84 Å². The first-order chi connectivity index (χ1) is 7.86. The predicted octanol–water partition coefficient (Wildman–Crippen LogP) is 3.16. The molecule has 2 rings (SSSR count). The summed E-state index contributed by atoms with van der Waals surface area (Å²) >= 11 is 0. The van der Waals surface area contributed by atoms with E-state index in [9.17, 15) is 0 Å². The minimum Gasteiger partial charge on any atom is -0.352 e. The third-order valence-electron chi connectivity index (χ3n) is 3.64. The Morgan fingerprint density at radius 2 is 2.06 bits per heavy atom. The lowest BCUT2D eigenvalue weighted by atomic mass is 9.91. The zero-order valence-corrected chi connectivity index (χ0v) is 10.1. The Balaban J connectivity index is 2.07. The van der Waals surface area contributed by atoms with Crippen molar-refractivity contribution in [2.45, 2.75) is 50.6 Å². The van der Waals surface area contributed by atoms with E-state index in [0.29, 0.717) is 12.1 Å². The van der Waals surface area contributed by atoms with Gasteiger partial charge in [-0.05, 0) is 19.3 Å². The van der Waals surface area contributed by atoms with E-state index in [1.807, 2.05) is 12.2 Å². The topological polar surface area (TPSA) is 15.6 Å². The summed E-state index contributed by atoms with van der Waals surface area (Å²) in [6.07, 6.45) is 11.4. The normalized spacial score (nSPS) is 28.5. The van der Waals surface area contributed by atoms with Crippen LogP contribution in [0.4, 0.5) is 0 Å². The van der Waals surface area contributed by atoms with Crippen molar-refractivity contribution in [1.29, 1.82) is 0 Å². The van der Waals surface area contributed by atoms with E-state index < -0.39 is 0 Å². The van der Waals surface area contributed by atoms with Crippen LogP contribution in [0.3, 0.4) is 0 Å². The van der Waals surface area contributed by atoms with Gasteiger partial charge in [0.25, 0.3) is 0 Å². The summed E-state index contributed by atoms with van der Waals surface area (Å²) in [7, 11) is 0. The molecule has 1 aliphatic carbocycles. The molecule has 1 aliphatic heterocycles. The molecule has 2 heteroatoms. The van der Waals surface area contributed by atoms with Crippen LogP contribution in [0.15, 0.2) is 30.3 Å². The molecule has 0 aromatic carbocycles. The Morgan fingerprint density at radius 3 is 2.81 bits per heavy atom. The smallest absolute Gasteiger partial charge is 0.100 e. The highest BCUT2D eigenvalue weighted by atomic mass is 15.3. The van der Waals surface area contributed by atoms with Gasteiger partial charge in [0.1, 0.15) is 5.84 Å². The number of hydrogen-bond acceptors (Lipinski definition) is 2. The van der Waals surface area contributed by atoms with Gasteiger partial charge >= 0.3 is 0 Å². The lowest BCUT2D eigenvalue weighted by molar-refractivity contribution is 0.258. The Bertz CT molecular complexity index is 293. The molecule has 88 valence electrons. The SMILES string of the molecule is C=CCCC1=N[C@H]2CCCC[C@H]2N1CC=C. The van der Waals surface area contributed by atoms with Gasteiger partial charge in [-0.15, -0.1) is 13.2 Å². The van der Waals surface area contributed by atoms with E-state index in [-0.39, 0.29) is 0 Å². The first-order valence-electron chi connectivity index (χ1n) is 6.42. The van der Waals surface area contributed by atoms with E-state index in [2.05, 4.69) is 18.1 Å². The zero-order chi connectivity index (χ0) is 11.4. The van der Waals surface area contributed by atoms with Crippen molar-refractivity contribution in [2.24, 2.45) is 4.99 Å². The summed E-state index contributed by atoms with van der Waals surface area (Å²) in [4.78, 5) is 7.37. The summed E-state index contributed by atoms with van der Waals surface area (Å²) in [5, 5.41) is 0. The summed E-state index contributed by atoms with van der Waals surface area (Å²) in [5.41, 5.74) is 0. The molecule has 1 fully saturated rings. The third kappa shape index (κ3) is 2.21. The van der Waals surface area contributed by atoms with Gasteiger partial charge in [0.2, 0.25) is 0 Å². The van der Waals surface area contributed by atoms with Gasteiger partial charge in [-0.3, -0.25) is 4.99 Å². The van der Waals surface area contributed by atoms with Crippen LogP contribution in [0, 0.1) is 0 Å². The van der Waals surface area contributed by atoms with Gasteiger partial charge in [0.15, 0.2) is 0 Å². The molecule has 0 unspecified atom stereocenters. The van der Waals surface area contributed by atoms with Gasteiger partial charge in [0.05, 0.1) is 12.1 Å². The van der Waals surface area contributed by atoms with Gasteiger partial charge < -0.3 is 4.90 Å². The number of nitrogens with zero attached hydrogens (tertiary/aromatic N) is 2. The molecule has 16 heavy (non-hydrogen) atoms. The second-order valence-corrected chi connectivity index (χ2v) is 4.73. The third-order valence-corrected chi connectivity index (χ3v) is 3.64. The average Bonchev–Trinajstić information content (AvgIpc) is 2.66. The van der Waals surface area contributed by atoms with Crippen molar-refractivity contribution in [1.82, 2.24) is 4.90 Å². The second-order valence-electron chi connectivity index (χ2n) is 4.73. The summed E-state index contributed by atoms with van der Waals surface area (Å²) in [5.74, 6) is 1.29. The molecule has 0 aromatic rings. The molecule has 0 aromatic heterocycles. The Morgan fingerprint density at radius 1 is 1.25 bits per heavy atom. The van der Waals surface area contributed by atoms with Crippen LogP contribution in [0.25, 0.3) is 0 Å². The van der Waals surface area contributed by atoms with Crippen LogP contribution < -0.4 is 0 Å². The van der Waals surface area contributed by atoms with Crippen molar-refractivity contribution in [3.63, 3.8) is 0 Å². The van der Waals surface area contributed by atoms with E-state index in [1.165, 1.54) is 31.5 Å². The van der Waals surface area contributed by atoms with Crippen molar-refractivity contribution in [3.8, 4) is 0 Å². The quantitative estimate of drug-likeness (QED) is 0.647. The number of allylic oxidation sites excluding steroid dienone is 1. The van der Waals surface area contributed by atoms with Crippen molar-refractivity contribution in [3.05, 3.63) is 25.3 Å².